The van der Waals surface area contributed by atoms with Crippen LogP contribution < -0.4 is 11.1 Å². The van der Waals surface area contributed by atoms with Crippen molar-refractivity contribution in [2.24, 2.45) is 0 Å². The molecule has 0 spiro atoms. The maximum absolute atomic E-state index is 12.5. The Morgan fingerprint density at radius 3 is 2.48 bits per heavy atom. The number of hydrogen-bond donors (Lipinski definition) is 2. The molecule has 2 aromatic carbocycles. The Balaban J connectivity index is 1.89. The van der Waals surface area contributed by atoms with Crippen LogP contribution in [-0.2, 0) is 0 Å². The lowest BCUT2D eigenvalue weighted by Crippen LogP contribution is -2.14. The summed E-state index contributed by atoms with van der Waals surface area (Å²) in [5.41, 5.74) is 7.78. The van der Waals surface area contributed by atoms with E-state index in [1.807, 2.05) is 6.07 Å². The van der Waals surface area contributed by atoms with Crippen molar-refractivity contribution in [2.45, 2.75) is 6.92 Å². The summed E-state index contributed by atoms with van der Waals surface area (Å²) in [4.78, 5) is 12.5. The SMILES string of the molecule is Cc1c(C(=O)Nc2cc(Cl)c(N)c(Cl)c2)nnn1-c1cccc(Cl)c1. The molecule has 1 aromatic heterocycles. The second-order valence-corrected chi connectivity index (χ2v) is 6.47. The number of benzene rings is 2. The van der Waals surface area contributed by atoms with Crippen LogP contribution in [0.25, 0.3) is 5.69 Å². The fourth-order valence-electron chi connectivity index (χ4n) is 2.24. The summed E-state index contributed by atoms with van der Waals surface area (Å²) in [7, 11) is 0. The molecule has 9 heteroatoms. The maximum atomic E-state index is 12.5. The molecule has 0 atom stereocenters. The summed E-state index contributed by atoms with van der Waals surface area (Å²) in [5, 5.41) is 11.7. The fourth-order valence-corrected chi connectivity index (χ4v) is 2.91. The summed E-state index contributed by atoms with van der Waals surface area (Å²) in [5.74, 6) is -0.442. The Morgan fingerprint density at radius 2 is 1.84 bits per heavy atom. The molecule has 1 heterocycles. The van der Waals surface area contributed by atoms with E-state index in [1.54, 1.807) is 25.1 Å². The molecule has 3 N–H and O–H groups in total. The quantitative estimate of drug-likeness (QED) is 0.644. The van der Waals surface area contributed by atoms with Crippen molar-refractivity contribution in [3.8, 4) is 5.69 Å². The van der Waals surface area contributed by atoms with Gasteiger partial charge in [0.1, 0.15) is 0 Å². The van der Waals surface area contributed by atoms with Gasteiger partial charge in [0.15, 0.2) is 5.69 Å². The molecule has 0 unspecified atom stereocenters. The first-order chi connectivity index (χ1) is 11.9. The number of amides is 1. The second-order valence-electron chi connectivity index (χ2n) is 5.22. The average Bonchev–Trinajstić information content (AvgIpc) is 2.94. The number of nitrogens with two attached hydrogens (primary N) is 1. The highest BCUT2D eigenvalue weighted by atomic mass is 35.5. The lowest BCUT2D eigenvalue weighted by atomic mass is 10.2. The number of halogens is 3. The number of nitrogens with one attached hydrogen (secondary N) is 1. The molecule has 0 saturated heterocycles. The van der Waals surface area contributed by atoms with E-state index >= 15 is 0 Å². The van der Waals surface area contributed by atoms with Crippen LogP contribution in [0.3, 0.4) is 0 Å². The molecule has 3 rings (SSSR count). The normalized spacial score (nSPS) is 10.7. The van der Waals surface area contributed by atoms with Crippen molar-refractivity contribution in [3.63, 3.8) is 0 Å². The second kappa shape index (κ2) is 6.92. The first-order valence-corrected chi connectivity index (χ1v) is 8.24. The first kappa shape index (κ1) is 17.5. The number of hydrogen-bond acceptors (Lipinski definition) is 4. The van der Waals surface area contributed by atoms with E-state index in [0.29, 0.717) is 22.1 Å². The van der Waals surface area contributed by atoms with Crippen LogP contribution in [0.2, 0.25) is 15.1 Å². The van der Waals surface area contributed by atoms with Gasteiger partial charge in [-0.3, -0.25) is 4.79 Å². The molecule has 3 aromatic rings. The van der Waals surface area contributed by atoms with Crippen LogP contribution in [0, 0.1) is 6.92 Å². The lowest BCUT2D eigenvalue weighted by Gasteiger charge is -2.08. The van der Waals surface area contributed by atoms with Crippen molar-refractivity contribution in [1.82, 2.24) is 15.0 Å². The zero-order valence-electron chi connectivity index (χ0n) is 12.9. The van der Waals surface area contributed by atoms with Gasteiger partial charge < -0.3 is 11.1 Å². The molecule has 0 radical (unpaired) electrons. The predicted molar refractivity (Wildman–Crippen MR) is 99.9 cm³/mol. The Bertz CT molecular complexity index is 947. The van der Waals surface area contributed by atoms with E-state index < -0.39 is 5.91 Å². The number of nitrogen functional groups attached to an aromatic ring is 1. The number of carbonyl (C=O) groups is 1. The van der Waals surface area contributed by atoms with Crippen molar-refractivity contribution in [1.29, 1.82) is 0 Å². The number of carbonyl (C=O) groups excluding carboxylic acids is 1. The molecular formula is C16H12Cl3N5O. The smallest absolute Gasteiger partial charge is 0.278 e. The summed E-state index contributed by atoms with van der Waals surface area (Å²) in [6.45, 7) is 1.73. The fraction of sp³-hybridized carbons (Fsp3) is 0.0625. The third-order valence-corrected chi connectivity index (χ3v) is 4.36. The molecule has 0 aliphatic rings. The monoisotopic (exact) mass is 395 g/mol. The summed E-state index contributed by atoms with van der Waals surface area (Å²) in [6, 6.07) is 10.1. The Labute approximate surface area is 158 Å². The Kier molecular flexibility index (Phi) is 4.85. The molecule has 0 saturated carbocycles. The van der Waals surface area contributed by atoms with Gasteiger partial charge in [-0.2, -0.15) is 0 Å². The molecule has 0 fully saturated rings. The van der Waals surface area contributed by atoms with Gasteiger partial charge in [0.05, 0.1) is 27.1 Å². The van der Waals surface area contributed by atoms with Crippen LogP contribution in [0.5, 0.6) is 0 Å². The molecule has 6 nitrogen and oxygen atoms in total. The molecule has 1 amide bonds. The van der Waals surface area contributed by atoms with Crippen LogP contribution in [0.15, 0.2) is 36.4 Å². The molecular weight excluding hydrogens is 385 g/mol. The van der Waals surface area contributed by atoms with Gasteiger partial charge in [-0.25, -0.2) is 4.68 Å². The zero-order chi connectivity index (χ0) is 18.1. The topological polar surface area (TPSA) is 85.8 Å². The van der Waals surface area contributed by atoms with Crippen molar-refractivity contribution >= 4 is 52.1 Å². The first-order valence-electron chi connectivity index (χ1n) is 7.11. The van der Waals surface area contributed by atoms with Gasteiger partial charge in [-0.15, -0.1) is 5.10 Å². The summed E-state index contributed by atoms with van der Waals surface area (Å²) in [6.07, 6.45) is 0. The maximum Gasteiger partial charge on any atom is 0.278 e. The molecule has 0 aliphatic carbocycles. The van der Waals surface area contributed by atoms with Crippen LogP contribution in [0.4, 0.5) is 11.4 Å². The Morgan fingerprint density at radius 1 is 1.16 bits per heavy atom. The molecule has 0 aliphatic heterocycles. The highest BCUT2D eigenvalue weighted by Crippen LogP contribution is 2.31. The molecule has 128 valence electrons. The van der Waals surface area contributed by atoms with Gasteiger partial charge in [0.25, 0.3) is 5.91 Å². The lowest BCUT2D eigenvalue weighted by molar-refractivity contribution is 0.102. The standard InChI is InChI=1S/C16H12Cl3N5O/c1-8-15(22-23-24(8)11-4-2-3-9(17)5-11)16(25)21-10-6-12(18)14(20)13(19)7-10/h2-7H,20H2,1H3,(H,21,25). The highest BCUT2D eigenvalue weighted by Gasteiger charge is 2.18. The van der Waals surface area contributed by atoms with E-state index in [-0.39, 0.29) is 21.4 Å². The van der Waals surface area contributed by atoms with E-state index in [4.69, 9.17) is 40.5 Å². The van der Waals surface area contributed by atoms with Crippen molar-refractivity contribution in [2.75, 3.05) is 11.1 Å². The third kappa shape index (κ3) is 3.56. The Hall–Kier alpha value is -2.28. The highest BCUT2D eigenvalue weighted by molar-refractivity contribution is 6.39. The van der Waals surface area contributed by atoms with Gasteiger partial charge in [0.2, 0.25) is 0 Å². The van der Waals surface area contributed by atoms with Crippen LogP contribution >= 0.6 is 34.8 Å². The molecule has 0 bridgehead atoms. The van der Waals surface area contributed by atoms with Crippen LogP contribution in [-0.4, -0.2) is 20.9 Å². The van der Waals surface area contributed by atoms with Gasteiger partial charge in [-0.05, 0) is 37.3 Å². The average molecular weight is 397 g/mol. The number of anilines is 2. The number of rotatable bonds is 3. The van der Waals surface area contributed by atoms with Gasteiger partial charge >= 0.3 is 0 Å². The van der Waals surface area contributed by atoms with Crippen molar-refractivity contribution in [3.05, 3.63) is 62.9 Å². The van der Waals surface area contributed by atoms with E-state index in [2.05, 4.69) is 15.6 Å². The third-order valence-electron chi connectivity index (χ3n) is 3.50. The predicted octanol–water partition coefficient (Wildman–Crippen LogP) is 4.37. The van der Waals surface area contributed by atoms with Crippen LogP contribution in [0.1, 0.15) is 16.2 Å². The van der Waals surface area contributed by atoms with Gasteiger partial charge in [0, 0.05) is 10.7 Å². The minimum Gasteiger partial charge on any atom is -0.396 e. The molecule has 25 heavy (non-hydrogen) atoms. The number of aromatic nitrogens is 3. The minimum atomic E-state index is -0.442. The zero-order valence-corrected chi connectivity index (χ0v) is 15.2. The summed E-state index contributed by atoms with van der Waals surface area (Å²) < 4.78 is 1.53. The number of nitrogens with zero attached hydrogens (tertiary/aromatic N) is 3. The largest absolute Gasteiger partial charge is 0.396 e. The van der Waals surface area contributed by atoms with Gasteiger partial charge in [-0.1, -0.05) is 46.1 Å². The van der Waals surface area contributed by atoms with E-state index in [1.165, 1.54) is 16.8 Å². The summed E-state index contributed by atoms with van der Waals surface area (Å²) >= 11 is 17.9. The van der Waals surface area contributed by atoms with Crippen molar-refractivity contribution < 1.29 is 4.79 Å². The van der Waals surface area contributed by atoms with E-state index in [0.717, 1.165) is 0 Å². The minimum absolute atomic E-state index is 0.170. The van der Waals surface area contributed by atoms with E-state index in [9.17, 15) is 4.79 Å².